The number of benzene rings is 3. The van der Waals surface area contributed by atoms with Crippen molar-refractivity contribution in [2.45, 2.75) is 31.8 Å². The summed E-state index contributed by atoms with van der Waals surface area (Å²) in [7, 11) is 0. The van der Waals surface area contributed by atoms with Crippen molar-refractivity contribution in [2.75, 3.05) is 32.7 Å². The van der Waals surface area contributed by atoms with Crippen molar-refractivity contribution in [2.24, 2.45) is 11.0 Å². The van der Waals surface area contributed by atoms with Crippen LogP contribution in [0.2, 0.25) is 10.0 Å². The smallest absolute Gasteiger partial charge is 0.257 e. The predicted octanol–water partition coefficient (Wildman–Crippen LogP) is 6.93. The van der Waals surface area contributed by atoms with Crippen LogP contribution in [-0.4, -0.2) is 59.2 Å². The number of fused-ring (bicyclic) bond motifs is 1. The van der Waals surface area contributed by atoms with E-state index >= 15 is 0 Å². The summed E-state index contributed by atoms with van der Waals surface area (Å²) in [6.45, 7) is 4.98. The second-order valence-electron chi connectivity index (χ2n) is 11.0. The molecule has 1 aliphatic carbocycles. The monoisotopic (exact) mass is 572 g/mol. The van der Waals surface area contributed by atoms with Crippen molar-refractivity contribution < 1.29 is 4.79 Å². The third-order valence-corrected chi connectivity index (χ3v) is 8.76. The maximum atomic E-state index is 13.9. The van der Waals surface area contributed by atoms with Crippen LogP contribution in [0.1, 0.15) is 42.0 Å². The molecule has 5 nitrogen and oxygen atoms in total. The number of hydrogen-bond donors (Lipinski definition) is 0. The largest absolute Gasteiger partial charge is 0.297 e. The first-order chi connectivity index (χ1) is 19.5. The summed E-state index contributed by atoms with van der Waals surface area (Å²) in [5.41, 5.74) is 5.77. The average molecular weight is 574 g/mol. The molecule has 6 rings (SSSR count). The zero-order chi connectivity index (χ0) is 27.5. The van der Waals surface area contributed by atoms with E-state index in [2.05, 4.69) is 46.2 Å². The fraction of sp³-hybridized carbons (Fsp3) is 0.333. The molecular weight excluding hydrogens is 539 g/mol. The molecular formula is C33H34Cl2N4O. The number of nitrogens with zero attached hydrogens (tertiary/aromatic N) is 4. The highest BCUT2D eigenvalue weighted by atomic mass is 35.5. The van der Waals surface area contributed by atoms with E-state index in [0.29, 0.717) is 11.6 Å². The molecule has 0 bridgehead atoms. The Labute approximate surface area is 246 Å². The molecule has 2 fully saturated rings. The summed E-state index contributed by atoms with van der Waals surface area (Å²) in [5, 5.41) is 8.26. The molecule has 206 valence electrons. The van der Waals surface area contributed by atoms with E-state index in [1.165, 1.54) is 11.1 Å². The first-order valence-corrected chi connectivity index (χ1v) is 14.9. The number of carbonyl (C=O) groups is 1. The predicted molar refractivity (Wildman–Crippen MR) is 163 cm³/mol. The Hall–Kier alpha value is -2.96. The van der Waals surface area contributed by atoms with Gasteiger partial charge in [0.2, 0.25) is 0 Å². The van der Waals surface area contributed by atoms with Gasteiger partial charge in [-0.3, -0.25) is 14.6 Å². The van der Waals surface area contributed by atoms with Gasteiger partial charge in [-0.25, -0.2) is 5.01 Å². The Morgan fingerprint density at radius 3 is 2.20 bits per heavy atom. The van der Waals surface area contributed by atoms with Crippen LogP contribution in [-0.2, 0) is 11.3 Å². The van der Waals surface area contributed by atoms with Crippen LogP contribution in [0.15, 0.2) is 89.5 Å². The third kappa shape index (κ3) is 6.18. The zero-order valence-corrected chi connectivity index (χ0v) is 24.1. The summed E-state index contributed by atoms with van der Waals surface area (Å²) >= 11 is 12.3. The van der Waals surface area contributed by atoms with E-state index in [9.17, 15) is 4.79 Å². The van der Waals surface area contributed by atoms with Gasteiger partial charge in [-0.2, -0.15) is 5.10 Å². The van der Waals surface area contributed by atoms with Crippen LogP contribution in [0, 0.1) is 5.92 Å². The lowest BCUT2D eigenvalue weighted by Crippen LogP contribution is -2.49. The van der Waals surface area contributed by atoms with Crippen molar-refractivity contribution >= 4 is 40.9 Å². The molecule has 3 aliphatic rings. The summed E-state index contributed by atoms with van der Waals surface area (Å²) in [6, 6.07) is 26.3. The van der Waals surface area contributed by atoms with E-state index in [-0.39, 0.29) is 17.9 Å². The molecule has 0 radical (unpaired) electrons. The molecule has 3 aromatic rings. The Morgan fingerprint density at radius 1 is 0.850 bits per heavy atom. The number of hydrogen-bond acceptors (Lipinski definition) is 4. The SMILES string of the molecule is O=C(CN1CCN(Cc2ccccc2)CC1)N1N=C2/C(=C/c3ccc(Cl)cc3)CCC[C@@H]2[C@@H]1c1ccc(Cl)cc1. The number of piperazine rings is 1. The lowest BCUT2D eigenvalue weighted by atomic mass is 9.77. The fourth-order valence-corrected chi connectivity index (χ4v) is 6.42. The van der Waals surface area contributed by atoms with Crippen molar-refractivity contribution in [3.8, 4) is 0 Å². The van der Waals surface area contributed by atoms with E-state index in [4.69, 9.17) is 28.3 Å². The van der Waals surface area contributed by atoms with Crippen LogP contribution in [0.5, 0.6) is 0 Å². The molecule has 40 heavy (non-hydrogen) atoms. The molecule has 1 saturated heterocycles. The maximum Gasteiger partial charge on any atom is 0.257 e. The Kier molecular flexibility index (Phi) is 8.35. The summed E-state index contributed by atoms with van der Waals surface area (Å²) in [6.07, 6.45) is 5.24. The van der Waals surface area contributed by atoms with Crippen molar-refractivity contribution in [1.82, 2.24) is 14.8 Å². The minimum Gasteiger partial charge on any atom is -0.297 e. The van der Waals surface area contributed by atoms with Gasteiger partial charge in [-0.05, 0) is 71.9 Å². The highest BCUT2D eigenvalue weighted by Gasteiger charge is 2.44. The summed E-state index contributed by atoms with van der Waals surface area (Å²) in [5.74, 6) is 0.226. The van der Waals surface area contributed by atoms with Gasteiger partial charge in [0, 0.05) is 48.7 Å². The van der Waals surface area contributed by atoms with Gasteiger partial charge in [-0.15, -0.1) is 0 Å². The highest BCUT2D eigenvalue weighted by Crippen LogP contribution is 2.44. The molecule has 0 aromatic heterocycles. The first-order valence-electron chi connectivity index (χ1n) is 14.1. The minimum atomic E-state index is -0.118. The Bertz CT molecular complexity index is 1380. The molecule has 2 heterocycles. The fourth-order valence-electron chi connectivity index (χ4n) is 6.17. The number of amides is 1. The summed E-state index contributed by atoms with van der Waals surface area (Å²) in [4.78, 5) is 18.6. The molecule has 2 aliphatic heterocycles. The van der Waals surface area contributed by atoms with Crippen molar-refractivity contribution in [3.63, 3.8) is 0 Å². The van der Waals surface area contributed by atoms with Crippen LogP contribution >= 0.6 is 23.2 Å². The third-order valence-electron chi connectivity index (χ3n) is 8.25. The van der Waals surface area contributed by atoms with Gasteiger partial charge in [0.25, 0.3) is 5.91 Å². The molecule has 1 amide bonds. The number of rotatable bonds is 6. The van der Waals surface area contributed by atoms with Gasteiger partial charge < -0.3 is 0 Å². The minimum absolute atomic E-state index is 0.0594. The molecule has 0 unspecified atom stereocenters. The topological polar surface area (TPSA) is 39.2 Å². The van der Waals surface area contributed by atoms with Gasteiger partial charge in [0.1, 0.15) is 0 Å². The van der Waals surface area contributed by atoms with Crippen molar-refractivity contribution in [3.05, 3.63) is 111 Å². The van der Waals surface area contributed by atoms with Crippen LogP contribution in [0.3, 0.4) is 0 Å². The Morgan fingerprint density at radius 2 is 1.50 bits per heavy atom. The average Bonchev–Trinajstić information content (AvgIpc) is 3.37. The normalized spacial score (nSPS) is 22.8. The molecule has 3 aromatic carbocycles. The molecule has 0 spiro atoms. The second-order valence-corrected chi connectivity index (χ2v) is 11.9. The molecule has 1 saturated carbocycles. The number of hydrazone groups is 1. The lowest BCUT2D eigenvalue weighted by Gasteiger charge is -2.35. The maximum absolute atomic E-state index is 13.9. The van der Waals surface area contributed by atoms with Gasteiger partial charge in [0.15, 0.2) is 0 Å². The van der Waals surface area contributed by atoms with Gasteiger partial charge >= 0.3 is 0 Å². The second kappa shape index (κ2) is 12.3. The van der Waals surface area contributed by atoms with Gasteiger partial charge in [0.05, 0.1) is 18.3 Å². The number of halogens is 2. The van der Waals surface area contributed by atoms with Gasteiger partial charge in [-0.1, -0.05) is 77.8 Å². The van der Waals surface area contributed by atoms with Crippen LogP contribution in [0.4, 0.5) is 0 Å². The van der Waals surface area contributed by atoms with E-state index in [0.717, 1.165) is 73.8 Å². The highest BCUT2D eigenvalue weighted by molar-refractivity contribution is 6.30. The standard InChI is InChI=1S/C33H34Cl2N4O/c34-28-13-9-24(10-14-28)21-27-7-4-8-30-32(27)36-39(33(30)26-11-15-29(35)16-12-26)31(40)23-38-19-17-37(18-20-38)22-25-5-2-1-3-6-25/h1-3,5-6,9-16,21,30,33H,4,7-8,17-20,22-23H2/b27-21+/t30-,33-/m0/s1. The summed E-state index contributed by atoms with van der Waals surface area (Å²) < 4.78 is 0. The lowest BCUT2D eigenvalue weighted by molar-refractivity contribution is -0.135. The van der Waals surface area contributed by atoms with Crippen LogP contribution < -0.4 is 0 Å². The molecule has 2 atom stereocenters. The number of carbonyl (C=O) groups excluding carboxylic acids is 1. The Balaban J connectivity index is 1.20. The molecule has 7 heteroatoms. The van der Waals surface area contributed by atoms with E-state index in [1.54, 1.807) is 5.01 Å². The first kappa shape index (κ1) is 27.2. The molecule has 0 N–H and O–H groups in total. The quantitative estimate of drug-likeness (QED) is 0.321. The van der Waals surface area contributed by atoms with E-state index < -0.39 is 0 Å². The zero-order valence-electron chi connectivity index (χ0n) is 22.6. The number of allylic oxidation sites excluding steroid dienone is 1. The van der Waals surface area contributed by atoms with Crippen LogP contribution in [0.25, 0.3) is 6.08 Å². The van der Waals surface area contributed by atoms with Crippen molar-refractivity contribution in [1.29, 1.82) is 0 Å². The van der Waals surface area contributed by atoms with E-state index in [1.807, 2.05) is 48.5 Å².